The molecule has 0 saturated heterocycles. The average Bonchev–Trinajstić information content (AvgIpc) is 2.82. The molecule has 6 heteroatoms. The Hall–Kier alpha value is -4.42. The number of benzene rings is 3. The third kappa shape index (κ3) is 4.89. The number of carbonyl (C=O) groups is 2. The summed E-state index contributed by atoms with van der Waals surface area (Å²) in [5.74, 6) is -1.23. The van der Waals surface area contributed by atoms with Crippen molar-refractivity contribution in [1.82, 2.24) is 0 Å². The summed E-state index contributed by atoms with van der Waals surface area (Å²) in [6, 6.07) is 26.8. The molecule has 2 unspecified atom stereocenters. The van der Waals surface area contributed by atoms with Gasteiger partial charge in [0.05, 0.1) is 11.1 Å². The van der Waals surface area contributed by atoms with Crippen molar-refractivity contribution in [2.24, 2.45) is 0 Å². The zero-order chi connectivity index (χ0) is 21.3. The predicted molar refractivity (Wildman–Crippen MR) is 107 cm³/mol. The molecule has 0 aliphatic heterocycles. The summed E-state index contributed by atoms with van der Waals surface area (Å²) in [6.45, 7) is 0. The smallest absolute Gasteiger partial charge is 0.339 e. The van der Waals surface area contributed by atoms with E-state index < -0.39 is 24.1 Å². The van der Waals surface area contributed by atoms with Crippen molar-refractivity contribution in [3.63, 3.8) is 0 Å². The first kappa shape index (κ1) is 20.3. The molecule has 6 nitrogen and oxygen atoms in total. The second kappa shape index (κ2) is 9.68. The van der Waals surface area contributed by atoms with Crippen LogP contribution in [0.25, 0.3) is 0 Å². The van der Waals surface area contributed by atoms with Gasteiger partial charge >= 0.3 is 11.9 Å². The highest BCUT2D eigenvalue weighted by Crippen LogP contribution is 2.23. The minimum absolute atomic E-state index is 0.340. The topological polar surface area (TPSA) is 100 Å². The van der Waals surface area contributed by atoms with Gasteiger partial charge < -0.3 is 9.47 Å². The summed E-state index contributed by atoms with van der Waals surface area (Å²) in [5.41, 5.74) is 1.56. The molecule has 0 aromatic heterocycles. The van der Waals surface area contributed by atoms with E-state index in [1.54, 1.807) is 84.9 Å². The van der Waals surface area contributed by atoms with Crippen LogP contribution in [0.3, 0.4) is 0 Å². The molecular weight excluding hydrogens is 380 g/mol. The van der Waals surface area contributed by atoms with Crippen molar-refractivity contribution < 1.29 is 19.1 Å². The third-order valence-corrected chi connectivity index (χ3v) is 4.25. The van der Waals surface area contributed by atoms with E-state index >= 15 is 0 Å². The normalized spacial score (nSPS) is 11.9. The minimum atomic E-state index is -1.11. The SMILES string of the molecule is N#CC(OC(=O)c1ccccc1)c1ccc(C(C#N)OC(=O)c2ccccc2)cc1. The number of nitrogens with zero attached hydrogens (tertiary/aromatic N) is 2. The molecule has 146 valence electrons. The first-order valence-electron chi connectivity index (χ1n) is 9.03. The Morgan fingerprint density at radius 1 is 0.600 bits per heavy atom. The van der Waals surface area contributed by atoms with Gasteiger partial charge in [-0.1, -0.05) is 60.7 Å². The molecule has 0 aliphatic carbocycles. The van der Waals surface area contributed by atoms with Gasteiger partial charge in [0.2, 0.25) is 12.2 Å². The zero-order valence-corrected chi connectivity index (χ0v) is 15.8. The molecule has 0 aliphatic rings. The van der Waals surface area contributed by atoms with Crippen LogP contribution < -0.4 is 0 Å². The summed E-state index contributed by atoms with van der Waals surface area (Å²) >= 11 is 0. The molecule has 0 heterocycles. The Bertz CT molecular complexity index is 1010. The number of rotatable bonds is 6. The first-order valence-corrected chi connectivity index (χ1v) is 9.03. The van der Waals surface area contributed by atoms with Crippen molar-refractivity contribution in [1.29, 1.82) is 10.5 Å². The van der Waals surface area contributed by atoms with Crippen LogP contribution in [0.4, 0.5) is 0 Å². The Labute approximate surface area is 173 Å². The van der Waals surface area contributed by atoms with Crippen LogP contribution in [0.5, 0.6) is 0 Å². The second-order valence-corrected chi connectivity index (χ2v) is 6.23. The van der Waals surface area contributed by atoms with Crippen LogP contribution >= 0.6 is 0 Å². The number of nitriles is 2. The molecule has 0 fully saturated rings. The number of hydrogen-bond acceptors (Lipinski definition) is 6. The Balaban J connectivity index is 1.70. The lowest BCUT2D eigenvalue weighted by Crippen LogP contribution is -2.12. The number of esters is 2. The van der Waals surface area contributed by atoms with Crippen LogP contribution in [0.1, 0.15) is 44.1 Å². The highest BCUT2D eigenvalue weighted by atomic mass is 16.5. The number of hydrogen-bond donors (Lipinski definition) is 0. The van der Waals surface area contributed by atoms with Crippen LogP contribution in [-0.4, -0.2) is 11.9 Å². The van der Waals surface area contributed by atoms with E-state index in [0.717, 1.165) is 0 Å². The first-order chi connectivity index (χ1) is 14.6. The number of ether oxygens (including phenoxy) is 2. The van der Waals surface area contributed by atoms with Gasteiger partial charge in [-0.3, -0.25) is 0 Å². The van der Waals surface area contributed by atoms with Crippen molar-refractivity contribution >= 4 is 11.9 Å². The molecule has 3 aromatic rings. The molecule has 0 N–H and O–H groups in total. The van der Waals surface area contributed by atoms with Gasteiger partial charge in [-0.05, 0) is 24.3 Å². The summed E-state index contributed by atoms with van der Waals surface area (Å²) in [7, 11) is 0. The molecule has 0 bridgehead atoms. The molecule has 3 rings (SSSR count). The van der Waals surface area contributed by atoms with Gasteiger partial charge in [0.15, 0.2) is 0 Å². The van der Waals surface area contributed by atoms with Gasteiger partial charge in [0.25, 0.3) is 0 Å². The summed E-state index contributed by atoms with van der Waals surface area (Å²) in [6.07, 6.45) is -2.22. The Kier molecular flexibility index (Phi) is 6.55. The quantitative estimate of drug-likeness (QED) is 0.568. The standard InChI is InChI=1S/C24H16N2O4/c25-15-21(29-23(27)19-7-3-1-4-8-19)17-11-13-18(14-12-17)22(16-26)30-24(28)20-9-5-2-6-10-20/h1-14,21-22H. The van der Waals surface area contributed by atoms with E-state index in [4.69, 9.17) is 9.47 Å². The van der Waals surface area contributed by atoms with Gasteiger partial charge in [-0.2, -0.15) is 10.5 Å². The van der Waals surface area contributed by atoms with Crippen molar-refractivity contribution in [2.45, 2.75) is 12.2 Å². The monoisotopic (exact) mass is 396 g/mol. The second-order valence-electron chi connectivity index (χ2n) is 6.23. The zero-order valence-electron chi connectivity index (χ0n) is 15.8. The summed E-state index contributed by atoms with van der Waals surface area (Å²) in [4.78, 5) is 24.4. The maximum Gasteiger partial charge on any atom is 0.339 e. The Morgan fingerprint density at radius 3 is 1.23 bits per heavy atom. The van der Waals surface area contributed by atoms with Crippen molar-refractivity contribution in [3.8, 4) is 12.1 Å². The van der Waals surface area contributed by atoms with Crippen molar-refractivity contribution in [3.05, 3.63) is 107 Å². The van der Waals surface area contributed by atoms with E-state index in [1.807, 2.05) is 12.1 Å². The molecule has 30 heavy (non-hydrogen) atoms. The maximum atomic E-state index is 12.2. The Morgan fingerprint density at radius 2 is 0.933 bits per heavy atom. The number of carbonyl (C=O) groups excluding carboxylic acids is 2. The van der Waals surface area contributed by atoms with E-state index in [2.05, 4.69) is 0 Å². The molecule has 3 aromatic carbocycles. The van der Waals surface area contributed by atoms with Crippen LogP contribution in [-0.2, 0) is 9.47 Å². The minimum Gasteiger partial charge on any atom is -0.438 e. The van der Waals surface area contributed by atoms with Crippen LogP contribution in [0.15, 0.2) is 84.9 Å². The lowest BCUT2D eigenvalue weighted by molar-refractivity contribution is 0.0390. The van der Waals surface area contributed by atoms with E-state index in [1.165, 1.54) is 0 Å². The molecule has 2 atom stereocenters. The van der Waals surface area contributed by atoms with Crippen molar-refractivity contribution in [2.75, 3.05) is 0 Å². The molecule has 0 radical (unpaired) electrons. The fourth-order valence-corrected chi connectivity index (χ4v) is 2.68. The van der Waals surface area contributed by atoms with E-state index in [-0.39, 0.29) is 0 Å². The average molecular weight is 396 g/mol. The summed E-state index contributed by atoms with van der Waals surface area (Å²) < 4.78 is 10.5. The molecule has 0 spiro atoms. The molecule has 0 saturated carbocycles. The largest absolute Gasteiger partial charge is 0.438 e. The highest BCUT2D eigenvalue weighted by Gasteiger charge is 2.20. The van der Waals surface area contributed by atoms with Gasteiger partial charge in [0.1, 0.15) is 12.1 Å². The fraction of sp³-hybridized carbons (Fsp3) is 0.0833. The van der Waals surface area contributed by atoms with Gasteiger partial charge in [-0.25, -0.2) is 9.59 Å². The highest BCUT2D eigenvalue weighted by molar-refractivity contribution is 5.90. The lowest BCUT2D eigenvalue weighted by Gasteiger charge is -2.14. The predicted octanol–water partition coefficient (Wildman–Crippen LogP) is 4.53. The van der Waals surface area contributed by atoms with E-state index in [9.17, 15) is 20.1 Å². The lowest BCUT2D eigenvalue weighted by atomic mass is 10.0. The van der Waals surface area contributed by atoms with Crippen LogP contribution in [0, 0.1) is 22.7 Å². The van der Waals surface area contributed by atoms with Crippen LogP contribution in [0.2, 0.25) is 0 Å². The van der Waals surface area contributed by atoms with Gasteiger partial charge in [0, 0.05) is 11.1 Å². The molecule has 0 amide bonds. The maximum absolute atomic E-state index is 12.2. The fourth-order valence-electron chi connectivity index (χ4n) is 2.68. The molecular formula is C24H16N2O4. The van der Waals surface area contributed by atoms with Gasteiger partial charge in [-0.15, -0.1) is 0 Å². The third-order valence-electron chi connectivity index (χ3n) is 4.25. The van der Waals surface area contributed by atoms with E-state index in [0.29, 0.717) is 22.3 Å². The summed E-state index contributed by atoms with van der Waals surface area (Å²) in [5, 5.41) is 18.8.